The van der Waals surface area contributed by atoms with E-state index < -0.39 is 0 Å². The molecule has 0 spiro atoms. The molecule has 0 aromatic carbocycles. The van der Waals surface area contributed by atoms with Crippen molar-refractivity contribution in [3.8, 4) is 0 Å². The maximum absolute atomic E-state index is 11.4. The van der Waals surface area contributed by atoms with Crippen LogP contribution in [0.3, 0.4) is 0 Å². The van der Waals surface area contributed by atoms with Crippen LogP contribution < -0.4 is 5.32 Å². The van der Waals surface area contributed by atoms with Gasteiger partial charge in [-0.25, -0.2) is 0 Å². The van der Waals surface area contributed by atoms with E-state index in [1.807, 2.05) is 38.3 Å². The van der Waals surface area contributed by atoms with Crippen LogP contribution in [0.15, 0.2) is 17.5 Å². The maximum Gasteiger partial charge on any atom is 0.246 e. The largest absolute Gasteiger partial charge is 0.366 e. The highest BCUT2D eigenvalue weighted by molar-refractivity contribution is 7.09. The van der Waals surface area contributed by atoms with Crippen molar-refractivity contribution < 1.29 is 9.53 Å². The van der Waals surface area contributed by atoms with Gasteiger partial charge in [0.15, 0.2) is 0 Å². The van der Waals surface area contributed by atoms with Gasteiger partial charge in [0, 0.05) is 4.88 Å². The van der Waals surface area contributed by atoms with Gasteiger partial charge in [0.05, 0.1) is 12.1 Å². The van der Waals surface area contributed by atoms with Crippen molar-refractivity contribution in [3.05, 3.63) is 22.4 Å². The summed E-state index contributed by atoms with van der Waals surface area (Å²) in [6, 6.07) is 3.97. The van der Waals surface area contributed by atoms with Gasteiger partial charge in [-0.1, -0.05) is 6.07 Å². The summed E-state index contributed by atoms with van der Waals surface area (Å²) in [5, 5.41) is 4.80. The average Bonchev–Trinajstić information content (AvgIpc) is 2.62. The zero-order valence-electron chi connectivity index (χ0n) is 9.37. The minimum Gasteiger partial charge on any atom is -0.366 e. The molecule has 1 amide bonds. The first-order valence-corrected chi connectivity index (χ1v) is 5.78. The number of nitrogens with one attached hydrogen (secondary N) is 1. The van der Waals surface area contributed by atoms with E-state index in [2.05, 4.69) is 5.32 Å². The summed E-state index contributed by atoms with van der Waals surface area (Å²) >= 11 is 1.63. The van der Waals surface area contributed by atoms with Gasteiger partial charge in [-0.3, -0.25) is 4.79 Å². The lowest BCUT2D eigenvalue weighted by atomic mass is 10.2. The number of amides is 1. The Labute approximate surface area is 94.5 Å². The number of thiophene rings is 1. The fourth-order valence-electron chi connectivity index (χ4n) is 0.932. The van der Waals surface area contributed by atoms with Crippen LogP contribution in [-0.2, 0) is 16.1 Å². The van der Waals surface area contributed by atoms with Gasteiger partial charge in [-0.2, -0.15) is 0 Å². The number of carbonyl (C=O) groups is 1. The molecule has 84 valence electrons. The van der Waals surface area contributed by atoms with E-state index >= 15 is 0 Å². The summed E-state index contributed by atoms with van der Waals surface area (Å²) in [5.41, 5.74) is -0.264. The third kappa shape index (κ3) is 5.54. The Balaban J connectivity index is 2.20. The Hall–Kier alpha value is -0.870. The summed E-state index contributed by atoms with van der Waals surface area (Å²) in [4.78, 5) is 12.5. The van der Waals surface area contributed by atoms with E-state index in [-0.39, 0.29) is 18.1 Å². The molecule has 0 bridgehead atoms. The molecule has 4 heteroatoms. The van der Waals surface area contributed by atoms with Crippen LogP contribution >= 0.6 is 11.3 Å². The predicted octanol–water partition coefficient (Wildman–Crippen LogP) is 2.18. The van der Waals surface area contributed by atoms with Crippen LogP contribution in [-0.4, -0.2) is 18.1 Å². The SMILES string of the molecule is CC(C)(C)OCC(=O)NCc1cccs1. The summed E-state index contributed by atoms with van der Waals surface area (Å²) in [7, 11) is 0. The fraction of sp³-hybridized carbons (Fsp3) is 0.545. The summed E-state index contributed by atoms with van der Waals surface area (Å²) in [6.07, 6.45) is 0. The molecule has 0 radical (unpaired) electrons. The second-order valence-corrected chi connectivity index (χ2v) is 5.29. The van der Waals surface area contributed by atoms with Gasteiger partial charge in [0.2, 0.25) is 5.91 Å². The van der Waals surface area contributed by atoms with Crippen LogP contribution in [0.4, 0.5) is 0 Å². The monoisotopic (exact) mass is 227 g/mol. The van der Waals surface area contributed by atoms with E-state index in [0.717, 1.165) is 4.88 Å². The first-order valence-electron chi connectivity index (χ1n) is 4.90. The van der Waals surface area contributed by atoms with Crippen molar-refractivity contribution in [3.63, 3.8) is 0 Å². The molecule has 0 saturated carbocycles. The molecule has 0 unspecified atom stereocenters. The Morgan fingerprint density at radius 2 is 2.27 bits per heavy atom. The van der Waals surface area contributed by atoms with Gasteiger partial charge in [-0.05, 0) is 32.2 Å². The zero-order chi connectivity index (χ0) is 11.3. The highest BCUT2D eigenvalue weighted by atomic mass is 32.1. The van der Waals surface area contributed by atoms with Crippen molar-refractivity contribution in [2.24, 2.45) is 0 Å². The molecule has 1 N–H and O–H groups in total. The first kappa shape index (κ1) is 12.2. The summed E-state index contributed by atoms with van der Waals surface area (Å²) < 4.78 is 5.35. The lowest BCUT2D eigenvalue weighted by Crippen LogP contribution is -2.31. The Morgan fingerprint density at radius 1 is 1.53 bits per heavy atom. The maximum atomic E-state index is 11.4. The summed E-state index contributed by atoms with van der Waals surface area (Å²) in [5.74, 6) is -0.0710. The Bertz CT molecular complexity index is 301. The molecule has 3 nitrogen and oxygen atoms in total. The van der Waals surface area contributed by atoms with E-state index in [1.54, 1.807) is 11.3 Å². The lowest BCUT2D eigenvalue weighted by Gasteiger charge is -2.18. The second kappa shape index (κ2) is 5.28. The number of ether oxygens (including phenoxy) is 1. The van der Waals surface area contributed by atoms with Crippen LogP contribution in [0.5, 0.6) is 0 Å². The minimum absolute atomic E-state index is 0.0710. The third-order valence-electron chi connectivity index (χ3n) is 1.68. The molecule has 1 heterocycles. The van der Waals surface area contributed by atoms with Gasteiger partial charge in [0.25, 0.3) is 0 Å². The highest BCUT2D eigenvalue weighted by Gasteiger charge is 2.12. The molecule has 1 rings (SSSR count). The average molecular weight is 227 g/mol. The van der Waals surface area contributed by atoms with Crippen LogP contribution in [0.1, 0.15) is 25.6 Å². The van der Waals surface area contributed by atoms with Gasteiger partial charge >= 0.3 is 0 Å². The van der Waals surface area contributed by atoms with Crippen molar-refractivity contribution >= 4 is 17.2 Å². The van der Waals surface area contributed by atoms with Crippen LogP contribution in [0, 0.1) is 0 Å². The number of hydrogen-bond donors (Lipinski definition) is 1. The predicted molar refractivity (Wildman–Crippen MR) is 61.9 cm³/mol. The van der Waals surface area contributed by atoms with E-state index in [9.17, 15) is 4.79 Å². The van der Waals surface area contributed by atoms with Gasteiger partial charge < -0.3 is 10.1 Å². The molecular weight excluding hydrogens is 210 g/mol. The van der Waals surface area contributed by atoms with Crippen molar-refractivity contribution in [2.75, 3.05) is 6.61 Å². The Morgan fingerprint density at radius 3 is 2.80 bits per heavy atom. The van der Waals surface area contributed by atoms with E-state index in [1.165, 1.54) is 0 Å². The zero-order valence-corrected chi connectivity index (χ0v) is 10.2. The smallest absolute Gasteiger partial charge is 0.246 e. The van der Waals surface area contributed by atoms with Crippen molar-refractivity contribution in [1.29, 1.82) is 0 Å². The normalized spacial score (nSPS) is 11.4. The summed E-state index contributed by atoms with van der Waals surface area (Å²) in [6.45, 7) is 6.50. The molecule has 0 atom stereocenters. The molecule has 0 fully saturated rings. The fourth-order valence-corrected chi connectivity index (χ4v) is 1.58. The van der Waals surface area contributed by atoms with Gasteiger partial charge in [0.1, 0.15) is 6.61 Å². The molecule has 1 aromatic rings. The number of carbonyl (C=O) groups excluding carboxylic acids is 1. The van der Waals surface area contributed by atoms with Crippen molar-refractivity contribution in [2.45, 2.75) is 32.9 Å². The molecule has 0 aliphatic rings. The van der Waals surface area contributed by atoms with Crippen LogP contribution in [0.25, 0.3) is 0 Å². The first-order chi connectivity index (χ1) is 6.97. The van der Waals surface area contributed by atoms with E-state index in [4.69, 9.17) is 4.74 Å². The van der Waals surface area contributed by atoms with E-state index in [0.29, 0.717) is 6.54 Å². The molecule has 0 aliphatic carbocycles. The quantitative estimate of drug-likeness (QED) is 0.856. The topological polar surface area (TPSA) is 38.3 Å². The molecular formula is C11H17NO2S. The standard InChI is InChI=1S/C11H17NO2S/c1-11(2,3)14-8-10(13)12-7-9-5-4-6-15-9/h4-6H,7-8H2,1-3H3,(H,12,13). The number of hydrogen-bond acceptors (Lipinski definition) is 3. The third-order valence-corrected chi connectivity index (χ3v) is 2.55. The molecule has 1 aromatic heterocycles. The van der Waals surface area contributed by atoms with Crippen LogP contribution in [0.2, 0.25) is 0 Å². The molecule has 0 saturated heterocycles. The number of rotatable bonds is 4. The second-order valence-electron chi connectivity index (χ2n) is 4.26. The molecule has 0 aliphatic heterocycles. The van der Waals surface area contributed by atoms with Gasteiger partial charge in [-0.15, -0.1) is 11.3 Å². The lowest BCUT2D eigenvalue weighted by molar-refractivity contribution is -0.130. The minimum atomic E-state index is -0.264. The van der Waals surface area contributed by atoms with Crippen molar-refractivity contribution in [1.82, 2.24) is 5.32 Å². The molecule has 15 heavy (non-hydrogen) atoms. The highest BCUT2D eigenvalue weighted by Crippen LogP contribution is 2.08. The Kier molecular flexibility index (Phi) is 4.29.